The molecule has 1 N–H and O–H groups in total. The third kappa shape index (κ3) is 3.48. The number of non-ortho nitro benzene ring substituents is 1. The van der Waals surface area contributed by atoms with E-state index >= 15 is 0 Å². The maximum Gasteiger partial charge on any atom is 0.295 e. The third-order valence-corrected chi connectivity index (χ3v) is 4.62. The minimum Gasteiger partial charge on any atom is -0.507 e. The number of nitrogens with zero attached hydrogens (tertiary/aromatic N) is 3. The summed E-state index contributed by atoms with van der Waals surface area (Å²) in [6.45, 7) is 2.32. The normalized spacial score (nSPS) is 18.5. The molecule has 0 bridgehead atoms. The van der Waals surface area contributed by atoms with Crippen LogP contribution >= 0.6 is 0 Å². The molecular formula is C20H19N3O5. The Labute approximate surface area is 161 Å². The fourth-order valence-corrected chi connectivity index (χ4v) is 3.25. The van der Waals surface area contributed by atoms with Gasteiger partial charge in [0.25, 0.3) is 17.4 Å². The van der Waals surface area contributed by atoms with E-state index in [0.717, 1.165) is 6.42 Å². The van der Waals surface area contributed by atoms with Crippen molar-refractivity contribution in [1.29, 1.82) is 0 Å². The van der Waals surface area contributed by atoms with Crippen LogP contribution in [0.2, 0.25) is 0 Å². The molecule has 1 atom stereocenters. The molecule has 0 aliphatic carbocycles. The second-order valence-corrected chi connectivity index (χ2v) is 6.44. The summed E-state index contributed by atoms with van der Waals surface area (Å²) >= 11 is 0. The van der Waals surface area contributed by atoms with Gasteiger partial charge in [-0.1, -0.05) is 31.5 Å². The zero-order chi connectivity index (χ0) is 20.3. The highest BCUT2D eigenvalue weighted by Gasteiger charge is 2.45. The molecule has 1 saturated heterocycles. The SMILES string of the molecule is CCCCN1C(=O)C(=O)/C(=C(\O)c2cccc([N+](=O)[O-])c2)C1c1cccnc1. The molecule has 1 fully saturated rings. The summed E-state index contributed by atoms with van der Waals surface area (Å²) in [5.74, 6) is -1.95. The van der Waals surface area contributed by atoms with Crippen LogP contribution in [0.15, 0.2) is 54.4 Å². The molecule has 144 valence electrons. The van der Waals surface area contributed by atoms with E-state index in [4.69, 9.17) is 0 Å². The molecule has 0 radical (unpaired) electrons. The summed E-state index contributed by atoms with van der Waals surface area (Å²) in [6.07, 6.45) is 4.63. The highest BCUT2D eigenvalue weighted by Crippen LogP contribution is 2.39. The van der Waals surface area contributed by atoms with Crippen LogP contribution in [0.5, 0.6) is 0 Å². The molecule has 2 heterocycles. The van der Waals surface area contributed by atoms with Crippen LogP contribution in [-0.4, -0.2) is 38.1 Å². The Morgan fingerprint density at radius 1 is 1.29 bits per heavy atom. The number of benzene rings is 1. The molecule has 1 aromatic carbocycles. The molecule has 1 aliphatic rings. The molecule has 1 unspecified atom stereocenters. The average molecular weight is 381 g/mol. The Morgan fingerprint density at radius 2 is 2.07 bits per heavy atom. The predicted octanol–water partition coefficient (Wildman–Crippen LogP) is 3.21. The number of rotatable bonds is 6. The number of likely N-dealkylation sites (tertiary alicyclic amines) is 1. The van der Waals surface area contributed by atoms with Gasteiger partial charge < -0.3 is 10.0 Å². The number of pyridine rings is 1. The van der Waals surface area contributed by atoms with Crippen molar-refractivity contribution < 1.29 is 19.6 Å². The number of aromatic nitrogens is 1. The number of amides is 1. The Balaban J connectivity index is 2.16. The Morgan fingerprint density at radius 3 is 2.71 bits per heavy atom. The van der Waals surface area contributed by atoms with E-state index in [1.807, 2.05) is 6.92 Å². The van der Waals surface area contributed by atoms with Gasteiger partial charge in [0, 0.05) is 36.6 Å². The van der Waals surface area contributed by atoms with Gasteiger partial charge in [0.15, 0.2) is 0 Å². The minimum absolute atomic E-state index is 0.0883. The van der Waals surface area contributed by atoms with Crippen molar-refractivity contribution in [2.45, 2.75) is 25.8 Å². The highest BCUT2D eigenvalue weighted by atomic mass is 16.6. The molecule has 3 rings (SSSR count). The lowest BCUT2D eigenvalue weighted by molar-refractivity contribution is -0.384. The fourth-order valence-electron chi connectivity index (χ4n) is 3.25. The predicted molar refractivity (Wildman–Crippen MR) is 101 cm³/mol. The Bertz CT molecular complexity index is 955. The lowest BCUT2D eigenvalue weighted by Gasteiger charge is -2.24. The van der Waals surface area contributed by atoms with Crippen molar-refractivity contribution in [2.24, 2.45) is 0 Å². The third-order valence-electron chi connectivity index (χ3n) is 4.62. The molecule has 2 aromatic rings. The van der Waals surface area contributed by atoms with Crippen LogP contribution in [0.3, 0.4) is 0 Å². The van der Waals surface area contributed by atoms with Crippen LogP contribution in [0.25, 0.3) is 5.76 Å². The van der Waals surface area contributed by atoms with Crippen LogP contribution in [0, 0.1) is 10.1 Å². The fraction of sp³-hybridized carbons (Fsp3) is 0.250. The number of hydrogen-bond acceptors (Lipinski definition) is 6. The molecule has 1 aliphatic heterocycles. The zero-order valence-electron chi connectivity index (χ0n) is 15.2. The molecule has 1 aromatic heterocycles. The van der Waals surface area contributed by atoms with Gasteiger partial charge in [-0.05, 0) is 18.1 Å². The van der Waals surface area contributed by atoms with E-state index in [1.54, 1.807) is 18.3 Å². The van der Waals surface area contributed by atoms with Gasteiger partial charge in [-0.25, -0.2) is 0 Å². The van der Waals surface area contributed by atoms with Gasteiger partial charge in [-0.15, -0.1) is 0 Å². The van der Waals surface area contributed by atoms with Crippen molar-refractivity contribution in [2.75, 3.05) is 6.54 Å². The number of nitro groups is 1. The molecule has 0 spiro atoms. The van der Waals surface area contributed by atoms with Crippen LogP contribution < -0.4 is 0 Å². The van der Waals surface area contributed by atoms with E-state index in [0.29, 0.717) is 18.5 Å². The first-order valence-corrected chi connectivity index (χ1v) is 8.88. The number of carbonyl (C=O) groups excluding carboxylic acids is 2. The Hall–Kier alpha value is -3.55. The summed E-state index contributed by atoms with van der Waals surface area (Å²) in [5, 5.41) is 21.9. The van der Waals surface area contributed by atoms with Crippen molar-refractivity contribution in [3.05, 3.63) is 75.6 Å². The van der Waals surface area contributed by atoms with Crippen molar-refractivity contribution >= 4 is 23.1 Å². The summed E-state index contributed by atoms with van der Waals surface area (Å²) in [7, 11) is 0. The van der Waals surface area contributed by atoms with Gasteiger partial charge >= 0.3 is 0 Å². The molecular weight excluding hydrogens is 362 g/mol. The lowest BCUT2D eigenvalue weighted by Crippen LogP contribution is -2.30. The number of nitro benzene ring substituents is 1. The van der Waals surface area contributed by atoms with Gasteiger partial charge in [0.1, 0.15) is 5.76 Å². The molecule has 8 heteroatoms. The van der Waals surface area contributed by atoms with Gasteiger partial charge in [-0.3, -0.25) is 24.7 Å². The smallest absolute Gasteiger partial charge is 0.295 e. The van der Waals surface area contributed by atoms with Crippen molar-refractivity contribution in [3.8, 4) is 0 Å². The average Bonchev–Trinajstić information content (AvgIpc) is 2.97. The molecule has 1 amide bonds. The summed E-state index contributed by atoms with van der Waals surface area (Å²) < 4.78 is 0. The largest absolute Gasteiger partial charge is 0.507 e. The van der Waals surface area contributed by atoms with Crippen LogP contribution in [0.1, 0.15) is 36.9 Å². The second kappa shape index (κ2) is 7.99. The van der Waals surface area contributed by atoms with E-state index in [2.05, 4.69) is 4.98 Å². The van der Waals surface area contributed by atoms with Gasteiger partial charge in [0.05, 0.1) is 16.5 Å². The second-order valence-electron chi connectivity index (χ2n) is 6.44. The number of hydrogen-bond donors (Lipinski definition) is 1. The monoisotopic (exact) mass is 381 g/mol. The van der Waals surface area contributed by atoms with Gasteiger partial charge in [0.2, 0.25) is 0 Å². The maximum absolute atomic E-state index is 12.7. The number of ketones is 1. The van der Waals surface area contributed by atoms with E-state index < -0.39 is 28.4 Å². The van der Waals surface area contributed by atoms with Crippen LogP contribution in [-0.2, 0) is 9.59 Å². The standard InChI is InChI=1S/C20H19N3O5/c1-2-3-10-22-17(14-7-5-9-21-12-14)16(19(25)20(22)26)18(24)13-6-4-8-15(11-13)23(27)28/h4-9,11-12,17,24H,2-3,10H2,1H3/b18-16-. The van der Waals surface area contributed by atoms with E-state index in [-0.39, 0.29) is 16.8 Å². The van der Waals surface area contributed by atoms with E-state index in [1.165, 1.54) is 35.4 Å². The highest BCUT2D eigenvalue weighted by molar-refractivity contribution is 6.46. The summed E-state index contributed by atoms with van der Waals surface area (Å²) in [4.78, 5) is 41.3. The lowest BCUT2D eigenvalue weighted by atomic mass is 9.96. The topological polar surface area (TPSA) is 114 Å². The first-order valence-electron chi connectivity index (χ1n) is 8.88. The zero-order valence-corrected chi connectivity index (χ0v) is 15.2. The molecule has 28 heavy (non-hydrogen) atoms. The van der Waals surface area contributed by atoms with Crippen molar-refractivity contribution in [3.63, 3.8) is 0 Å². The number of unbranched alkanes of at least 4 members (excludes halogenated alkanes) is 1. The van der Waals surface area contributed by atoms with Crippen molar-refractivity contribution in [1.82, 2.24) is 9.88 Å². The quantitative estimate of drug-likeness (QED) is 0.270. The van der Waals surface area contributed by atoms with Crippen LogP contribution in [0.4, 0.5) is 5.69 Å². The minimum atomic E-state index is -0.811. The summed E-state index contributed by atoms with van der Waals surface area (Å²) in [5.41, 5.74) is 0.387. The molecule has 0 saturated carbocycles. The summed E-state index contributed by atoms with van der Waals surface area (Å²) in [6, 6.07) is 7.96. The maximum atomic E-state index is 12.7. The van der Waals surface area contributed by atoms with E-state index in [9.17, 15) is 24.8 Å². The number of aliphatic hydroxyl groups is 1. The first kappa shape index (κ1) is 19.2. The number of aliphatic hydroxyl groups excluding tert-OH is 1. The van der Waals surface area contributed by atoms with Gasteiger partial charge in [-0.2, -0.15) is 0 Å². The number of Topliss-reactive ketones (excluding diaryl/α,β-unsaturated/α-hetero) is 1. The Kier molecular flexibility index (Phi) is 5.49. The molecule has 8 nitrogen and oxygen atoms in total. The number of carbonyl (C=O) groups is 2. The first-order chi connectivity index (χ1) is 13.5.